The van der Waals surface area contributed by atoms with Crippen molar-refractivity contribution in [3.8, 4) is 10.7 Å². The number of hydrogen-bond acceptors (Lipinski definition) is 5. The highest BCUT2D eigenvalue weighted by Gasteiger charge is 2.27. The molecule has 7 heteroatoms. The summed E-state index contributed by atoms with van der Waals surface area (Å²) in [6, 6.07) is 1.92. The number of hydrogen-bond donors (Lipinski definition) is 1. The van der Waals surface area contributed by atoms with Crippen LogP contribution < -0.4 is 5.32 Å². The van der Waals surface area contributed by atoms with Crippen molar-refractivity contribution in [3.05, 3.63) is 23.3 Å². The van der Waals surface area contributed by atoms with Crippen LogP contribution in [-0.4, -0.2) is 34.4 Å². The molecule has 2 rings (SSSR count). The molecule has 0 bridgehead atoms. The Bertz CT molecular complexity index is 618. The minimum atomic E-state index is -0.547. The molecule has 0 radical (unpaired) electrons. The van der Waals surface area contributed by atoms with E-state index in [2.05, 4.69) is 15.4 Å². The van der Waals surface area contributed by atoms with E-state index >= 15 is 0 Å². The minimum absolute atomic E-state index is 0.0447. The van der Waals surface area contributed by atoms with Gasteiger partial charge in [-0.2, -0.15) is 5.10 Å². The molecule has 0 aliphatic rings. The van der Waals surface area contributed by atoms with Crippen LogP contribution in [0.15, 0.2) is 17.6 Å². The number of ether oxygens (including phenoxy) is 1. The summed E-state index contributed by atoms with van der Waals surface area (Å²) >= 11 is 1.52. The van der Waals surface area contributed by atoms with E-state index < -0.39 is 5.41 Å². The topological polar surface area (TPSA) is 69.0 Å². The van der Waals surface area contributed by atoms with Crippen molar-refractivity contribution in [2.45, 2.75) is 20.4 Å². The largest absolute Gasteiger partial charge is 0.384 e. The van der Waals surface area contributed by atoms with E-state index in [9.17, 15) is 4.79 Å². The molecular formula is C14H20N4O2S. The van der Waals surface area contributed by atoms with E-state index in [4.69, 9.17) is 4.74 Å². The molecular weight excluding hydrogens is 288 g/mol. The van der Waals surface area contributed by atoms with Crippen LogP contribution in [0.5, 0.6) is 0 Å². The van der Waals surface area contributed by atoms with Crippen LogP contribution in [0.1, 0.15) is 19.5 Å². The van der Waals surface area contributed by atoms with E-state index in [-0.39, 0.29) is 5.91 Å². The van der Waals surface area contributed by atoms with Crippen LogP contribution in [0.2, 0.25) is 0 Å². The van der Waals surface area contributed by atoms with E-state index in [0.717, 1.165) is 16.4 Å². The second kappa shape index (κ2) is 6.36. The summed E-state index contributed by atoms with van der Waals surface area (Å²) in [7, 11) is 3.46. The van der Waals surface area contributed by atoms with Crippen LogP contribution in [-0.2, 0) is 23.1 Å². The van der Waals surface area contributed by atoms with Gasteiger partial charge in [-0.3, -0.25) is 9.48 Å². The van der Waals surface area contributed by atoms with Gasteiger partial charge in [0.2, 0.25) is 5.91 Å². The van der Waals surface area contributed by atoms with Crippen molar-refractivity contribution in [1.29, 1.82) is 0 Å². The van der Waals surface area contributed by atoms with Crippen LogP contribution in [0, 0.1) is 5.41 Å². The first-order chi connectivity index (χ1) is 9.92. The smallest absolute Gasteiger partial charge is 0.228 e. The average molecular weight is 308 g/mol. The van der Waals surface area contributed by atoms with Crippen LogP contribution in [0.25, 0.3) is 10.7 Å². The number of methoxy groups -OCH3 is 1. The van der Waals surface area contributed by atoms with Gasteiger partial charge in [0.25, 0.3) is 0 Å². The lowest BCUT2D eigenvalue weighted by molar-refractivity contribution is -0.132. The highest BCUT2D eigenvalue weighted by atomic mass is 32.1. The number of nitrogens with one attached hydrogen (secondary N) is 1. The van der Waals surface area contributed by atoms with Gasteiger partial charge in [-0.1, -0.05) is 0 Å². The maximum atomic E-state index is 12.1. The molecule has 0 fully saturated rings. The maximum absolute atomic E-state index is 12.1. The molecule has 2 aromatic rings. The van der Waals surface area contributed by atoms with E-state index in [0.29, 0.717) is 13.2 Å². The Morgan fingerprint density at radius 1 is 1.52 bits per heavy atom. The van der Waals surface area contributed by atoms with Gasteiger partial charge in [-0.15, -0.1) is 11.3 Å². The highest BCUT2D eigenvalue weighted by Crippen LogP contribution is 2.22. The first kappa shape index (κ1) is 15.7. The zero-order chi connectivity index (χ0) is 15.5. The van der Waals surface area contributed by atoms with Crippen LogP contribution >= 0.6 is 11.3 Å². The Balaban J connectivity index is 1.96. The highest BCUT2D eigenvalue weighted by molar-refractivity contribution is 7.13. The zero-order valence-electron chi connectivity index (χ0n) is 12.7. The Kier molecular flexibility index (Phi) is 4.74. The third-order valence-corrected chi connectivity index (χ3v) is 3.95. The standard InChI is InChI=1S/C14H20N4O2S/c1-14(2,9-20-4)13(19)15-7-10-8-21-12(16-10)11-5-6-18(3)17-11/h5-6,8H,7,9H2,1-4H3,(H,15,19). The molecule has 6 nitrogen and oxygen atoms in total. The average Bonchev–Trinajstić information content (AvgIpc) is 3.04. The summed E-state index contributed by atoms with van der Waals surface area (Å²) in [4.78, 5) is 16.6. The quantitative estimate of drug-likeness (QED) is 0.884. The molecule has 0 aromatic carbocycles. The molecule has 0 saturated carbocycles. The lowest BCUT2D eigenvalue weighted by Gasteiger charge is -2.22. The predicted octanol–water partition coefficient (Wildman–Crippen LogP) is 1.83. The number of carbonyl (C=O) groups excluding carboxylic acids is 1. The summed E-state index contributed by atoms with van der Waals surface area (Å²) < 4.78 is 6.80. The minimum Gasteiger partial charge on any atom is -0.384 e. The lowest BCUT2D eigenvalue weighted by Crippen LogP contribution is -2.39. The summed E-state index contributed by atoms with van der Waals surface area (Å²) in [5.74, 6) is -0.0447. The summed E-state index contributed by atoms with van der Waals surface area (Å²) in [6.07, 6.45) is 1.88. The van der Waals surface area contributed by atoms with Crippen molar-refractivity contribution < 1.29 is 9.53 Å². The molecule has 114 valence electrons. The number of thiazole rings is 1. The fraction of sp³-hybridized carbons (Fsp3) is 0.500. The zero-order valence-corrected chi connectivity index (χ0v) is 13.5. The molecule has 21 heavy (non-hydrogen) atoms. The van der Waals surface area contributed by atoms with Gasteiger partial charge in [0.05, 0.1) is 24.3 Å². The molecule has 0 atom stereocenters. The molecule has 1 N–H and O–H groups in total. The van der Waals surface area contributed by atoms with Gasteiger partial charge in [0.1, 0.15) is 10.7 Å². The fourth-order valence-corrected chi connectivity index (χ4v) is 2.65. The van der Waals surface area contributed by atoms with Crippen molar-refractivity contribution in [2.24, 2.45) is 12.5 Å². The van der Waals surface area contributed by atoms with Gasteiger partial charge >= 0.3 is 0 Å². The number of amides is 1. The molecule has 2 heterocycles. The third kappa shape index (κ3) is 3.89. The van der Waals surface area contributed by atoms with Crippen LogP contribution in [0.4, 0.5) is 0 Å². The Hall–Kier alpha value is -1.73. The molecule has 0 aliphatic heterocycles. The Morgan fingerprint density at radius 3 is 2.90 bits per heavy atom. The third-order valence-electron chi connectivity index (χ3n) is 3.03. The number of aromatic nitrogens is 3. The molecule has 0 saturated heterocycles. The Morgan fingerprint density at radius 2 is 2.29 bits per heavy atom. The molecule has 1 amide bonds. The molecule has 0 aliphatic carbocycles. The predicted molar refractivity (Wildman–Crippen MR) is 81.8 cm³/mol. The summed E-state index contributed by atoms with van der Waals surface area (Å²) in [5.41, 5.74) is 1.14. The molecule has 0 spiro atoms. The Labute approximate surface area is 128 Å². The second-order valence-corrected chi connectivity index (χ2v) is 6.38. The number of carbonyl (C=O) groups is 1. The summed E-state index contributed by atoms with van der Waals surface area (Å²) in [5, 5.41) is 10.0. The first-order valence-electron chi connectivity index (χ1n) is 6.64. The normalized spacial score (nSPS) is 11.6. The summed E-state index contributed by atoms with van der Waals surface area (Å²) in [6.45, 7) is 4.50. The number of aryl methyl sites for hydroxylation is 1. The number of rotatable bonds is 6. The van der Waals surface area contributed by atoms with E-state index in [1.807, 2.05) is 38.5 Å². The molecule has 0 unspecified atom stereocenters. The van der Waals surface area contributed by atoms with Crippen molar-refractivity contribution in [2.75, 3.05) is 13.7 Å². The van der Waals surface area contributed by atoms with Crippen LogP contribution in [0.3, 0.4) is 0 Å². The SMILES string of the molecule is COCC(C)(C)C(=O)NCc1csc(-c2ccn(C)n2)n1. The van der Waals surface area contributed by atoms with Crippen molar-refractivity contribution in [3.63, 3.8) is 0 Å². The van der Waals surface area contributed by atoms with E-state index in [1.165, 1.54) is 11.3 Å². The van der Waals surface area contributed by atoms with Crippen molar-refractivity contribution in [1.82, 2.24) is 20.1 Å². The first-order valence-corrected chi connectivity index (χ1v) is 7.52. The van der Waals surface area contributed by atoms with Gasteiger partial charge in [-0.25, -0.2) is 4.98 Å². The van der Waals surface area contributed by atoms with Gasteiger partial charge in [0.15, 0.2) is 0 Å². The van der Waals surface area contributed by atoms with Gasteiger partial charge in [0, 0.05) is 25.7 Å². The fourth-order valence-electron chi connectivity index (χ4n) is 1.87. The van der Waals surface area contributed by atoms with Crippen molar-refractivity contribution >= 4 is 17.2 Å². The monoisotopic (exact) mass is 308 g/mol. The number of nitrogens with zero attached hydrogens (tertiary/aromatic N) is 3. The maximum Gasteiger partial charge on any atom is 0.228 e. The second-order valence-electron chi connectivity index (χ2n) is 5.52. The van der Waals surface area contributed by atoms with Gasteiger partial charge < -0.3 is 10.1 Å². The van der Waals surface area contributed by atoms with Gasteiger partial charge in [-0.05, 0) is 19.9 Å². The van der Waals surface area contributed by atoms with E-state index in [1.54, 1.807) is 11.8 Å². The molecule has 2 aromatic heterocycles. The lowest BCUT2D eigenvalue weighted by atomic mass is 9.93.